The van der Waals surface area contributed by atoms with Crippen LogP contribution in [0.25, 0.3) is 0 Å². The monoisotopic (exact) mass is 338 g/mol. The first-order valence-corrected chi connectivity index (χ1v) is 7.92. The molecule has 0 amide bonds. The van der Waals surface area contributed by atoms with Gasteiger partial charge in [-0.05, 0) is 24.1 Å². The predicted octanol–water partition coefficient (Wildman–Crippen LogP) is 3.99. The van der Waals surface area contributed by atoms with E-state index in [0.29, 0.717) is 30.3 Å². The summed E-state index contributed by atoms with van der Waals surface area (Å²) >= 11 is 3.41. The first-order valence-electron chi connectivity index (χ1n) is 7.12. The molecule has 2 atom stereocenters. The predicted molar refractivity (Wildman–Crippen MR) is 80.3 cm³/mol. The fourth-order valence-corrected chi connectivity index (χ4v) is 3.43. The van der Waals surface area contributed by atoms with E-state index < -0.39 is 0 Å². The van der Waals surface area contributed by atoms with Crippen molar-refractivity contribution >= 4 is 21.7 Å². The van der Waals surface area contributed by atoms with E-state index in [0.717, 1.165) is 17.3 Å². The number of halogens is 1. The van der Waals surface area contributed by atoms with Gasteiger partial charge in [0.1, 0.15) is 11.4 Å². The van der Waals surface area contributed by atoms with Crippen molar-refractivity contribution in [3.8, 4) is 5.75 Å². The Hall–Kier alpha value is -0.870. The summed E-state index contributed by atoms with van der Waals surface area (Å²) in [5.74, 6) is 1.34. The molecule has 0 aromatic heterocycles. The van der Waals surface area contributed by atoms with Gasteiger partial charge in [-0.25, -0.2) is 0 Å². The van der Waals surface area contributed by atoms with Gasteiger partial charge in [0.15, 0.2) is 5.78 Å². The average molecular weight is 339 g/mol. The molecule has 1 fully saturated rings. The molecule has 2 unspecified atom stereocenters. The highest BCUT2D eigenvalue weighted by molar-refractivity contribution is 9.10. The normalized spacial score (nSPS) is 29.4. The van der Waals surface area contributed by atoms with Crippen molar-refractivity contribution in [3.05, 3.63) is 28.2 Å². The van der Waals surface area contributed by atoms with Gasteiger partial charge in [-0.2, -0.15) is 0 Å². The minimum Gasteiger partial charge on any atom is -0.486 e. The van der Waals surface area contributed by atoms with Gasteiger partial charge >= 0.3 is 0 Å². The maximum Gasteiger partial charge on any atom is 0.170 e. The summed E-state index contributed by atoms with van der Waals surface area (Å²) in [6.07, 6.45) is 2.22. The fraction of sp³-hybridized carbons (Fsp3) is 0.562. The first kappa shape index (κ1) is 14.1. The van der Waals surface area contributed by atoms with Crippen LogP contribution in [0.15, 0.2) is 22.7 Å². The molecule has 0 N–H and O–H groups in total. The molecule has 4 heteroatoms. The summed E-state index contributed by atoms with van der Waals surface area (Å²) in [5.41, 5.74) is 0.322. The summed E-state index contributed by atoms with van der Waals surface area (Å²) in [5, 5.41) is 0. The van der Waals surface area contributed by atoms with E-state index in [-0.39, 0.29) is 17.5 Å². The van der Waals surface area contributed by atoms with Gasteiger partial charge in [0.2, 0.25) is 0 Å². The van der Waals surface area contributed by atoms with E-state index in [2.05, 4.69) is 29.8 Å². The van der Waals surface area contributed by atoms with Crippen molar-refractivity contribution in [1.82, 2.24) is 0 Å². The molecule has 0 saturated carbocycles. The first-order chi connectivity index (χ1) is 9.49. The van der Waals surface area contributed by atoms with Crippen molar-refractivity contribution in [2.45, 2.75) is 44.8 Å². The van der Waals surface area contributed by atoms with Gasteiger partial charge in [-0.1, -0.05) is 29.8 Å². The molecule has 0 radical (unpaired) electrons. The second-order valence-corrected chi connectivity index (χ2v) is 7.05. The van der Waals surface area contributed by atoms with E-state index in [4.69, 9.17) is 9.47 Å². The lowest BCUT2D eigenvalue weighted by Gasteiger charge is -2.44. The van der Waals surface area contributed by atoms with Crippen LogP contribution in [0, 0.1) is 5.92 Å². The van der Waals surface area contributed by atoms with Crippen LogP contribution in [0.4, 0.5) is 0 Å². The molecule has 20 heavy (non-hydrogen) atoms. The summed E-state index contributed by atoms with van der Waals surface area (Å²) in [6, 6.07) is 5.66. The fourth-order valence-electron chi connectivity index (χ4n) is 3.07. The summed E-state index contributed by atoms with van der Waals surface area (Å²) in [6.45, 7) is 4.97. The third-order valence-corrected chi connectivity index (χ3v) is 4.75. The Balaban J connectivity index is 1.90. The van der Waals surface area contributed by atoms with Crippen molar-refractivity contribution < 1.29 is 14.3 Å². The summed E-state index contributed by atoms with van der Waals surface area (Å²) in [4.78, 5) is 12.4. The lowest BCUT2D eigenvalue weighted by molar-refractivity contribution is -0.106. The summed E-state index contributed by atoms with van der Waals surface area (Å²) < 4.78 is 13.0. The largest absolute Gasteiger partial charge is 0.486 e. The number of benzene rings is 1. The van der Waals surface area contributed by atoms with Crippen molar-refractivity contribution in [1.29, 1.82) is 0 Å². The second kappa shape index (κ2) is 5.15. The Kier molecular flexibility index (Phi) is 3.63. The SMILES string of the molecule is CC(C)C1CC2(CCO1)CC(=O)c1cc(Br)ccc1O2. The highest BCUT2D eigenvalue weighted by Gasteiger charge is 2.45. The van der Waals surface area contributed by atoms with Gasteiger partial charge in [-0.15, -0.1) is 0 Å². The standard InChI is InChI=1S/C16H19BrO3/c1-10(2)15-9-16(5-6-19-15)8-13(18)12-7-11(17)3-4-14(12)20-16/h3-4,7,10,15H,5-6,8-9H2,1-2H3. The van der Waals surface area contributed by atoms with Crippen LogP contribution in [0.2, 0.25) is 0 Å². The highest BCUT2D eigenvalue weighted by Crippen LogP contribution is 2.42. The quantitative estimate of drug-likeness (QED) is 0.776. The Morgan fingerprint density at radius 2 is 2.20 bits per heavy atom. The minimum absolute atomic E-state index is 0.175. The number of hydrogen-bond donors (Lipinski definition) is 0. The number of carbonyl (C=O) groups excluding carboxylic acids is 1. The lowest BCUT2D eigenvalue weighted by Crippen LogP contribution is -2.50. The van der Waals surface area contributed by atoms with Gasteiger partial charge < -0.3 is 9.47 Å². The topological polar surface area (TPSA) is 35.5 Å². The minimum atomic E-state index is -0.370. The Bertz CT molecular complexity index is 541. The number of hydrogen-bond acceptors (Lipinski definition) is 3. The lowest BCUT2D eigenvalue weighted by atomic mass is 9.80. The summed E-state index contributed by atoms with van der Waals surface area (Å²) in [7, 11) is 0. The molecule has 2 heterocycles. The molecule has 1 aromatic carbocycles. The van der Waals surface area contributed by atoms with Crippen LogP contribution in [0.3, 0.4) is 0 Å². The van der Waals surface area contributed by atoms with Crippen molar-refractivity contribution in [3.63, 3.8) is 0 Å². The number of ether oxygens (including phenoxy) is 2. The number of fused-ring (bicyclic) bond motifs is 1. The van der Waals surface area contributed by atoms with Crippen LogP contribution in [-0.2, 0) is 4.74 Å². The number of carbonyl (C=O) groups is 1. The van der Waals surface area contributed by atoms with Crippen LogP contribution < -0.4 is 4.74 Å². The zero-order valence-electron chi connectivity index (χ0n) is 11.8. The van der Waals surface area contributed by atoms with Gasteiger partial charge in [0.25, 0.3) is 0 Å². The van der Waals surface area contributed by atoms with Crippen molar-refractivity contribution in [2.75, 3.05) is 6.61 Å². The molecule has 1 spiro atoms. The molecule has 2 aliphatic rings. The average Bonchev–Trinajstić information content (AvgIpc) is 2.40. The zero-order valence-corrected chi connectivity index (χ0v) is 13.4. The number of Topliss-reactive ketones (excluding diaryl/α,β-unsaturated/α-hetero) is 1. The van der Waals surface area contributed by atoms with Crippen molar-refractivity contribution in [2.24, 2.45) is 5.92 Å². The van der Waals surface area contributed by atoms with Crippen LogP contribution in [0.5, 0.6) is 5.75 Å². The van der Waals surface area contributed by atoms with Gasteiger partial charge in [0.05, 0.1) is 24.7 Å². The maximum absolute atomic E-state index is 12.4. The van der Waals surface area contributed by atoms with E-state index in [1.54, 1.807) is 0 Å². The molecular formula is C16H19BrO3. The Morgan fingerprint density at radius 1 is 1.40 bits per heavy atom. The molecule has 108 valence electrons. The smallest absolute Gasteiger partial charge is 0.170 e. The molecule has 3 rings (SSSR count). The molecule has 0 bridgehead atoms. The Morgan fingerprint density at radius 3 is 2.95 bits per heavy atom. The maximum atomic E-state index is 12.4. The number of rotatable bonds is 1. The molecule has 1 saturated heterocycles. The van der Waals surface area contributed by atoms with E-state index >= 15 is 0 Å². The molecule has 1 aromatic rings. The van der Waals surface area contributed by atoms with Crippen LogP contribution in [-0.4, -0.2) is 24.1 Å². The van der Waals surface area contributed by atoms with E-state index in [1.807, 2.05) is 18.2 Å². The van der Waals surface area contributed by atoms with Crippen LogP contribution in [0.1, 0.15) is 43.5 Å². The van der Waals surface area contributed by atoms with Gasteiger partial charge in [-0.3, -0.25) is 4.79 Å². The molecule has 2 aliphatic heterocycles. The van der Waals surface area contributed by atoms with E-state index in [9.17, 15) is 4.79 Å². The van der Waals surface area contributed by atoms with Crippen LogP contribution >= 0.6 is 15.9 Å². The number of ketones is 1. The third-order valence-electron chi connectivity index (χ3n) is 4.26. The highest BCUT2D eigenvalue weighted by atomic mass is 79.9. The van der Waals surface area contributed by atoms with Gasteiger partial charge in [0, 0.05) is 17.3 Å². The second-order valence-electron chi connectivity index (χ2n) is 6.13. The third kappa shape index (κ3) is 2.51. The molecule has 3 nitrogen and oxygen atoms in total. The molecular weight excluding hydrogens is 320 g/mol. The Labute approximate surface area is 127 Å². The zero-order chi connectivity index (χ0) is 14.3. The molecule has 0 aliphatic carbocycles. The van der Waals surface area contributed by atoms with E-state index in [1.165, 1.54) is 0 Å².